The van der Waals surface area contributed by atoms with Crippen LogP contribution in [-0.2, 0) is 9.59 Å². The molecule has 2 amide bonds. The zero-order valence-electron chi connectivity index (χ0n) is 8.17. The molecule has 14 heavy (non-hydrogen) atoms. The molecule has 5 nitrogen and oxygen atoms in total. The molecular weight excluding hydrogens is 182 g/mol. The summed E-state index contributed by atoms with van der Waals surface area (Å²) >= 11 is 0. The lowest BCUT2D eigenvalue weighted by Gasteiger charge is -2.29. The van der Waals surface area contributed by atoms with Crippen molar-refractivity contribution in [2.45, 2.75) is 19.1 Å². The summed E-state index contributed by atoms with van der Waals surface area (Å²) in [5.74, 6) is -2.14. The molecule has 0 radical (unpaired) electrons. The van der Waals surface area contributed by atoms with Gasteiger partial charge in [0.15, 0.2) is 5.79 Å². The first-order chi connectivity index (χ1) is 6.47. The minimum Gasteiger partial charge on any atom is -0.317 e. The normalized spacial score (nSPS) is 10.1. The summed E-state index contributed by atoms with van der Waals surface area (Å²) in [5, 5.41) is 4.80. The maximum atomic E-state index is 11.0. The Morgan fingerprint density at radius 1 is 1.29 bits per heavy atom. The number of nitrogens with one attached hydrogen (secondary N) is 2. The third-order valence-corrected chi connectivity index (χ3v) is 1.62. The van der Waals surface area contributed by atoms with Crippen molar-refractivity contribution >= 4 is 11.8 Å². The number of hydrogen-bond donors (Lipinski definition) is 3. The lowest BCUT2D eigenvalue weighted by molar-refractivity contribution is -0.122. The Morgan fingerprint density at radius 3 is 1.86 bits per heavy atom. The molecule has 0 saturated carbocycles. The molecule has 0 aliphatic rings. The molecule has 4 N–H and O–H groups in total. The van der Waals surface area contributed by atoms with E-state index in [2.05, 4.69) is 23.8 Å². The van der Waals surface area contributed by atoms with Gasteiger partial charge in [-0.15, -0.1) is 0 Å². The number of carbonyl (C=O) groups is 2. The molecule has 0 aromatic rings. The van der Waals surface area contributed by atoms with Gasteiger partial charge >= 0.3 is 0 Å². The molecule has 0 aliphatic heterocycles. The van der Waals surface area contributed by atoms with Gasteiger partial charge in [0.2, 0.25) is 11.8 Å². The monoisotopic (exact) mass is 197 g/mol. The molecule has 0 heterocycles. The number of nitrogens with two attached hydrogens (primary N) is 1. The molecule has 0 fully saturated rings. The molecular formula is C9H15N3O2. The summed E-state index contributed by atoms with van der Waals surface area (Å²) in [4.78, 5) is 21.9. The van der Waals surface area contributed by atoms with Crippen molar-refractivity contribution in [1.82, 2.24) is 10.6 Å². The minimum absolute atomic E-state index is 0.353. The second-order valence-electron chi connectivity index (χ2n) is 2.71. The zero-order valence-corrected chi connectivity index (χ0v) is 8.17. The van der Waals surface area contributed by atoms with Crippen LogP contribution in [0.5, 0.6) is 0 Å². The van der Waals surface area contributed by atoms with Gasteiger partial charge in [-0.3, -0.25) is 15.3 Å². The van der Waals surface area contributed by atoms with E-state index in [4.69, 9.17) is 5.73 Å². The van der Waals surface area contributed by atoms with Gasteiger partial charge in [-0.05, 0) is 12.2 Å². The molecule has 5 heteroatoms. The molecule has 0 saturated heterocycles. The zero-order chi connectivity index (χ0) is 11.2. The summed E-state index contributed by atoms with van der Waals surface area (Å²) in [6.07, 6.45) is 2.51. The van der Waals surface area contributed by atoms with Crippen LogP contribution in [0.1, 0.15) is 13.3 Å². The quantitative estimate of drug-likeness (QED) is 0.414. The average Bonchev–Trinajstić information content (AvgIpc) is 2.17. The fourth-order valence-electron chi connectivity index (χ4n) is 0.750. The summed E-state index contributed by atoms with van der Waals surface area (Å²) in [5.41, 5.74) is 5.69. The van der Waals surface area contributed by atoms with Crippen LogP contribution in [0, 0.1) is 0 Å². The van der Waals surface area contributed by atoms with Gasteiger partial charge in [0.25, 0.3) is 0 Å². The first-order valence-corrected chi connectivity index (χ1v) is 4.15. The Kier molecular flexibility index (Phi) is 4.58. The molecule has 0 unspecified atom stereocenters. The lowest BCUT2D eigenvalue weighted by Crippen LogP contribution is -2.66. The summed E-state index contributed by atoms with van der Waals surface area (Å²) < 4.78 is 0. The van der Waals surface area contributed by atoms with Crippen LogP contribution in [0.3, 0.4) is 0 Å². The van der Waals surface area contributed by atoms with E-state index in [-0.39, 0.29) is 0 Å². The second-order valence-corrected chi connectivity index (χ2v) is 2.71. The van der Waals surface area contributed by atoms with Crippen molar-refractivity contribution in [3.63, 3.8) is 0 Å². The van der Waals surface area contributed by atoms with E-state index >= 15 is 0 Å². The van der Waals surface area contributed by atoms with Crippen LogP contribution in [0.15, 0.2) is 25.3 Å². The van der Waals surface area contributed by atoms with Crippen molar-refractivity contribution in [3.05, 3.63) is 25.3 Å². The van der Waals surface area contributed by atoms with Crippen LogP contribution in [0.2, 0.25) is 0 Å². The van der Waals surface area contributed by atoms with Crippen LogP contribution < -0.4 is 16.4 Å². The molecule has 78 valence electrons. The largest absolute Gasteiger partial charge is 0.317 e. The highest BCUT2D eigenvalue weighted by molar-refractivity contribution is 5.90. The van der Waals surface area contributed by atoms with Crippen LogP contribution >= 0.6 is 0 Å². The molecule has 0 atom stereocenters. The third kappa shape index (κ3) is 3.86. The Morgan fingerprint density at radius 2 is 1.64 bits per heavy atom. The van der Waals surface area contributed by atoms with Gasteiger partial charge in [-0.25, -0.2) is 0 Å². The molecule has 0 rings (SSSR count). The smallest absolute Gasteiger partial charge is 0.246 e. The van der Waals surface area contributed by atoms with Crippen molar-refractivity contribution in [2.75, 3.05) is 0 Å². The first-order valence-electron chi connectivity index (χ1n) is 4.15. The highest BCUT2D eigenvalue weighted by atomic mass is 16.2. The van der Waals surface area contributed by atoms with E-state index in [9.17, 15) is 9.59 Å². The predicted octanol–water partition coefficient (Wildman–Crippen LogP) is -0.387. The molecule has 0 aromatic carbocycles. The Hall–Kier alpha value is -1.62. The van der Waals surface area contributed by atoms with Crippen molar-refractivity contribution in [2.24, 2.45) is 5.73 Å². The summed E-state index contributed by atoms with van der Waals surface area (Å²) in [6.45, 7) is 8.28. The third-order valence-electron chi connectivity index (χ3n) is 1.62. The Labute approximate surface area is 83.0 Å². The van der Waals surface area contributed by atoms with Crippen LogP contribution in [0.25, 0.3) is 0 Å². The van der Waals surface area contributed by atoms with Gasteiger partial charge in [-0.2, -0.15) is 0 Å². The van der Waals surface area contributed by atoms with E-state index in [1.54, 1.807) is 6.92 Å². The van der Waals surface area contributed by atoms with Gasteiger partial charge in [0.05, 0.1) is 0 Å². The fraction of sp³-hybridized carbons (Fsp3) is 0.333. The average molecular weight is 197 g/mol. The second kappa shape index (κ2) is 5.18. The molecule has 0 bridgehead atoms. The highest BCUT2D eigenvalue weighted by Crippen LogP contribution is 1.97. The van der Waals surface area contributed by atoms with E-state index < -0.39 is 17.6 Å². The highest BCUT2D eigenvalue weighted by Gasteiger charge is 2.24. The standard InChI is InChI=1S/C9H15N3O2/c1-4-7(13)11-9(10,6-3)12-8(14)5-2/h4-5H,1-2,6,10H2,3H3,(H,11,13)(H,12,14). The Balaban J connectivity index is 4.45. The number of rotatable bonds is 5. The van der Waals surface area contributed by atoms with Crippen molar-refractivity contribution in [1.29, 1.82) is 0 Å². The van der Waals surface area contributed by atoms with E-state index in [1.807, 2.05) is 0 Å². The molecule has 0 aromatic heterocycles. The predicted molar refractivity (Wildman–Crippen MR) is 53.9 cm³/mol. The molecule has 0 aliphatic carbocycles. The number of carbonyl (C=O) groups excluding carboxylic acids is 2. The van der Waals surface area contributed by atoms with Crippen molar-refractivity contribution < 1.29 is 9.59 Å². The summed E-state index contributed by atoms with van der Waals surface area (Å²) in [6, 6.07) is 0. The fourth-order valence-corrected chi connectivity index (χ4v) is 0.750. The van der Waals surface area contributed by atoms with Gasteiger partial charge < -0.3 is 10.6 Å². The van der Waals surface area contributed by atoms with Gasteiger partial charge in [0.1, 0.15) is 0 Å². The van der Waals surface area contributed by atoms with Gasteiger partial charge in [-0.1, -0.05) is 20.1 Å². The summed E-state index contributed by atoms with van der Waals surface area (Å²) in [7, 11) is 0. The van der Waals surface area contributed by atoms with E-state index in [0.29, 0.717) is 6.42 Å². The lowest BCUT2D eigenvalue weighted by atomic mass is 10.2. The number of hydrogen-bond acceptors (Lipinski definition) is 3. The van der Waals surface area contributed by atoms with E-state index in [1.165, 1.54) is 0 Å². The maximum absolute atomic E-state index is 11.0. The number of amides is 2. The topological polar surface area (TPSA) is 84.2 Å². The SMILES string of the molecule is C=CC(=O)NC(N)(CC)NC(=O)C=C. The first kappa shape index (κ1) is 12.4. The van der Waals surface area contributed by atoms with Gasteiger partial charge in [0, 0.05) is 6.42 Å². The van der Waals surface area contributed by atoms with Crippen molar-refractivity contribution in [3.8, 4) is 0 Å². The molecule has 0 spiro atoms. The Bertz CT molecular complexity index is 239. The maximum Gasteiger partial charge on any atom is 0.246 e. The minimum atomic E-state index is -1.25. The van der Waals surface area contributed by atoms with E-state index in [0.717, 1.165) is 12.2 Å². The van der Waals surface area contributed by atoms with Crippen LogP contribution in [-0.4, -0.2) is 17.6 Å². The van der Waals surface area contributed by atoms with Crippen LogP contribution in [0.4, 0.5) is 0 Å².